The van der Waals surface area contributed by atoms with Crippen LogP contribution in [-0.4, -0.2) is 54.7 Å². The van der Waals surface area contributed by atoms with Crippen molar-refractivity contribution in [1.82, 2.24) is 15.5 Å². The van der Waals surface area contributed by atoms with Gasteiger partial charge in [0.2, 0.25) is 5.58 Å². The van der Waals surface area contributed by atoms with Crippen molar-refractivity contribution in [2.75, 3.05) is 25.0 Å². The zero-order valence-corrected chi connectivity index (χ0v) is 14.3. The maximum absolute atomic E-state index is 11.8. The molecule has 3 heterocycles. The Balaban J connectivity index is 2.16. The van der Waals surface area contributed by atoms with Gasteiger partial charge in [0, 0.05) is 20.1 Å². The van der Waals surface area contributed by atoms with Crippen LogP contribution in [0.2, 0.25) is 5.02 Å². The number of halogens is 1. The summed E-state index contributed by atoms with van der Waals surface area (Å²) in [7, 11) is 1.47. The van der Waals surface area contributed by atoms with Gasteiger partial charge in [-0.2, -0.15) is 0 Å². The second-order valence-corrected chi connectivity index (χ2v) is 6.11. The molecule has 1 amide bonds. The molecule has 128 valence electrons. The summed E-state index contributed by atoms with van der Waals surface area (Å²) < 4.78 is 10.9. The highest BCUT2D eigenvalue weighted by molar-refractivity contribution is 6.38. The van der Waals surface area contributed by atoms with E-state index in [0.29, 0.717) is 25.1 Å². The molecule has 3 rings (SSSR count). The fourth-order valence-corrected chi connectivity index (χ4v) is 3.28. The van der Waals surface area contributed by atoms with E-state index >= 15 is 0 Å². The molecule has 24 heavy (non-hydrogen) atoms. The minimum absolute atomic E-state index is 0.00670. The van der Waals surface area contributed by atoms with Crippen molar-refractivity contribution in [2.24, 2.45) is 0 Å². The van der Waals surface area contributed by atoms with Gasteiger partial charge in [-0.15, -0.1) is 0 Å². The van der Waals surface area contributed by atoms with E-state index in [-0.39, 0.29) is 39.7 Å². The van der Waals surface area contributed by atoms with Crippen LogP contribution in [0.15, 0.2) is 4.52 Å². The topological polar surface area (TPSA) is 97.6 Å². The summed E-state index contributed by atoms with van der Waals surface area (Å²) >= 11 is 6.47. The van der Waals surface area contributed by atoms with Crippen LogP contribution in [0.4, 0.5) is 5.69 Å². The summed E-state index contributed by atoms with van der Waals surface area (Å²) in [5.41, 5.74) is 0.956. The standard InChI is InChI=1S/C15H17ClN4O4/c1-7-4-20(5-8(2)23-7)13-9(6-21)18-11-12(15(22)17-3)19-24-14(11)10(13)16/h6-8H,4-5H2,1-3H3,(H,17,22). The van der Waals surface area contributed by atoms with Crippen LogP contribution in [0, 0.1) is 0 Å². The Morgan fingerprint density at radius 3 is 2.62 bits per heavy atom. The molecule has 0 aliphatic carbocycles. The van der Waals surface area contributed by atoms with Gasteiger partial charge in [-0.25, -0.2) is 4.98 Å². The number of anilines is 1. The number of aldehydes is 1. The zero-order valence-electron chi connectivity index (χ0n) is 13.5. The van der Waals surface area contributed by atoms with Crippen molar-refractivity contribution in [3.05, 3.63) is 16.4 Å². The molecule has 1 aliphatic rings. The SMILES string of the molecule is CNC(=O)c1noc2c(Cl)c(N3CC(C)OC(C)C3)c(C=O)nc12. The minimum Gasteiger partial charge on any atom is -0.372 e. The number of carbonyl (C=O) groups excluding carboxylic acids is 2. The third-order valence-electron chi connectivity index (χ3n) is 3.84. The van der Waals surface area contributed by atoms with Crippen molar-refractivity contribution >= 4 is 40.6 Å². The number of ether oxygens (including phenoxy) is 1. The predicted octanol–water partition coefficient (Wildman–Crippen LogP) is 1.66. The lowest BCUT2D eigenvalue weighted by molar-refractivity contribution is -0.00526. The number of carbonyl (C=O) groups is 2. The Bertz CT molecular complexity index is 796. The van der Waals surface area contributed by atoms with Crippen molar-refractivity contribution in [3.8, 4) is 0 Å². The molecular formula is C15H17ClN4O4. The van der Waals surface area contributed by atoms with Gasteiger partial charge < -0.3 is 19.5 Å². The molecular weight excluding hydrogens is 336 g/mol. The van der Waals surface area contributed by atoms with Gasteiger partial charge in [-0.05, 0) is 13.8 Å². The van der Waals surface area contributed by atoms with Crippen molar-refractivity contribution in [3.63, 3.8) is 0 Å². The summed E-state index contributed by atoms with van der Waals surface area (Å²) in [6.45, 7) is 5.02. The van der Waals surface area contributed by atoms with Gasteiger partial charge >= 0.3 is 0 Å². The molecule has 0 bridgehead atoms. The third-order valence-corrected chi connectivity index (χ3v) is 4.19. The number of hydrogen-bond donors (Lipinski definition) is 1. The maximum atomic E-state index is 11.8. The smallest absolute Gasteiger partial charge is 0.275 e. The van der Waals surface area contributed by atoms with Gasteiger partial charge in [0.25, 0.3) is 5.91 Å². The lowest BCUT2D eigenvalue weighted by Crippen LogP contribution is -2.46. The summed E-state index contributed by atoms with van der Waals surface area (Å²) in [5, 5.41) is 6.39. The van der Waals surface area contributed by atoms with E-state index in [2.05, 4.69) is 15.5 Å². The number of hydrogen-bond acceptors (Lipinski definition) is 7. The maximum Gasteiger partial charge on any atom is 0.275 e. The van der Waals surface area contributed by atoms with E-state index in [0.717, 1.165) is 0 Å². The lowest BCUT2D eigenvalue weighted by Gasteiger charge is -2.37. The van der Waals surface area contributed by atoms with E-state index in [1.165, 1.54) is 7.05 Å². The first-order chi connectivity index (χ1) is 11.5. The van der Waals surface area contributed by atoms with Crippen LogP contribution in [0.3, 0.4) is 0 Å². The second kappa shape index (κ2) is 6.37. The van der Waals surface area contributed by atoms with Crippen LogP contribution in [0.1, 0.15) is 34.8 Å². The van der Waals surface area contributed by atoms with Crippen LogP contribution in [0.25, 0.3) is 11.1 Å². The van der Waals surface area contributed by atoms with Crippen molar-refractivity contribution in [1.29, 1.82) is 0 Å². The molecule has 0 saturated carbocycles. The molecule has 0 aromatic carbocycles. The second-order valence-electron chi connectivity index (χ2n) is 5.73. The van der Waals surface area contributed by atoms with Crippen molar-refractivity contribution < 1.29 is 18.8 Å². The molecule has 0 radical (unpaired) electrons. The average Bonchev–Trinajstić information content (AvgIpc) is 2.97. The fraction of sp³-hybridized carbons (Fsp3) is 0.467. The Labute approximate surface area is 143 Å². The number of pyridine rings is 1. The van der Waals surface area contributed by atoms with Gasteiger partial charge in [0.05, 0.1) is 17.9 Å². The van der Waals surface area contributed by atoms with Crippen LogP contribution >= 0.6 is 11.6 Å². The molecule has 9 heteroatoms. The van der Waals surface area contributed by atoms with Gasteiger partial charge in [-0.3, -0.25) is 9.59 Å². The molecule has 2 unspecified atom stereocenters. The van der Waals surface area contributed by atoms with Crippen molar-refractivity contribution in [2.45, 2.75) is 26.1 Å². The van der Waals surface area contributed by atoms with Gasteiger partial charge in [0.1, 0.15) is 16.2 Å². The highest BCUT2D eigenvalue weighted by Crippen LogP contribution is 2.37. The fourth-order valence-electron chi connectivity index (χ4n) is 2.94. The summed E-state index contributed by atoms with van der Waals surface area (Å²) in [5.74, 6) is -0.462. The number of morpholine rings is 1. The molecule has 1 N–H and O–H groups in total. The highest BCUT2D eigenvalue weighted by atomic mass is 35.5. The van der Waals surface area contributed by atoms with E-state index in [9.17, 15) is 9.59 Å². The van der Waals surface area contributed by atoms with Crippen LogP contribution in [-0.2, 0) is 4.74 Å². The van der Waals surface area contributed by atoms with E-state index in [4.69, 9.17) is 20.9 Å². The van der Waals surface area contributed by atoms with Crippen LogP contribution in [0.5, 0.6) is 0 Å². The summed E-state index contributed by atoms with van der Waals surface area (Å²) in [4.78, 5) is 29.6. The molecule has 8 nitrogen and oxygen atoms in total. The number of rotatable bonds is 3. The highest BCUT2D eigenvalue weighted by Gasteiger charge is 2.30. The number of nitrogens with zero attached hydrogens (tertiary/aromatic N) is 3. The van der Waals surface area contributed by atoms with Crippen LogP contribution < -0.4 is 10.2 Å². The Kier molecular flexibility index (Phi) is 4.42. The Morgan fingerprint density at radius 2 is 2.04 bits per heavy atom. The van der Waals surface area contributed by atoms with E-state index < -0.39 is 5.91 Å². The van der Waals surface area contributed by atoms with Gasteiger partial charge in [0.15, 0.2) is 12.0 Å². The number of fused-ring (bicyclic) bond motifs is 1. The van der Waals surface area contributed by atoms with E-state index in [1.807, 2.05) is 18.7 Å². The first kappa shape index (κ1) is 16.7. The third kappa shape index (κ3) is 2.71. The zero-order chi connectivity index (χ0) is 17.4. The molecule has 2 aromatic heterocycles. The number of amides is 1. The average molecular weight is 353 g/mol. The first-order valence-electron chi connectivity index (χ1n) is 7.52. The molecule has 1 fully saturated rings. The first-order valence-corrected chi connectivity index (χ1v) is 7.90. The molecule has 1 aliphatic heterocycles. The largest absolute Gasteiger partial charge is 0.372 e. The molecule has 2 atom stereocenters. The number of aromatic nitrogens is 2. The summed E-state index contributed by atoms with van der Waals surface area (Å²) in [6, 6.07) is 0. The number of nitrogens with one attached hydrogen (secondary N) is 1. The predicted molar refractivity (Wildman–Crippen MR) is 87.8 cm³/mol. The lowest BCUT2D eigenvalue weighted by atomic mass is 10.1. The molecule has 0 spiro atoms. The van der Waals surface area contributed by atoms with Gasteiger partial charge in [-0.1, -0.05) is 16.8 Å². The molecule has 1 saturated heterocycles. The minimum atomic E-state index is -0.462. The summed E-state index contributed by atoms with van der Waals surface area (Å²) in [6.07, 6.45) is 0.582. The molecule has 2 aromatic rings. The van der Waals surface area contributed by atoms with E-state index in [1.54, 1.807) is 0 Å². The Hall–Kier alpha value is -2.19. The quantitative estimate of drug-likeness (QED) is 0.839. The Morgan fingerprint density at radius 1 is 1.38 bits per heavy atom. The normalized spacial score (nSPS) is 21.1. The monoisotopic (exact) mass is 352 g/mol.